The molecular weight excluding hydrogens is 735 g/mol. The van der Waals surface area contributed by atoms with E-state index in [0.717, 1.165) is 4.88 Å². The first-order valence-corrected chi connectivity index (χ1v) is 19.4. The van der Waals surface area contributed by atoms with Gasteiger partial charge in [0, 0.05) is 43.1 Å². The number of carbonyl (C=O) groups is 6. The molecule has 1 saturated heterocycles. The number of nitrogens with one attached hydrogen (secondary N) is 5. The van der Waals surface area contributed by atoms with Crippen LogP contribution in [0.5, 0.6) is 0 Å². The number of nitrogens with two attached hydrogens (primary N) is 1. The molecule has 0 spiro atoms. The Morgan fingerprint density at radius 1 is 1.08 bits per heavy atom. The Morgan fingerprint density at radius 3 is 2.34 bits per heavy atom. The maximum absolute atomic E-state index is 13.7. The number of H-pyrrole nitrogens is 1. The molecule has 1 aliphatic heterocycles. The third-order valence-corrected chi connectivity index (χ3v) is 10.3. The normalized spacial score (nSPS) is 18.2. The number of aromatic nitrogens is 2. The summed E-state index contributed by atoms with van der Waals surface area (Å²) in [5.74, 6) is -4.73. The van der Waals surface area contributed by atoms with Crippen molar-refractivity contribution in [3.05, 3.63) is 40.6 Å². The van der Waals surface area contributed by atoms with E-state index in [2.05, 4.69) is 31.2 Å². The number of hydrogen-bond donors (Lipinski definition) is 8. The van der Waals surface area contributed by atoms with Crippen LogP contribution in [-0.4, -0.2) is 116 Å². The lowest BCUT2D eigenvalue weighted by Crippen LogP contribution is -2.61. The minimum absolute atomic E-state index is 0.0667. The molecule has 0 aromatic carbocycles. The van der Waals surface area contributed by atoms with Crippen molar-refractivity contribution in [1.29, 1.82) is 0 Å². The van der Waals surface area contributed by atoms with Gasteiger partial charge in [0.15, 0.2) is 0 Å². The first-order valence-electron chi connectivity index (χ1n) is 17.1. The fraction of sp³-hybridized carbons (Fsp3) is 0.594. The average molecular weight is 785 g/mol. The fourth-order valence-corrected chi connectivity index (χ4v) is 7.26. The Morgan fingerprint density at radius 2 is 1.75 bits per heavy atom. The summed E-state index contributed by atoms with van der Waals surface area (Å²) in [5, 5.41) is 21.8. The number of thiophene rings is 1. The van der Waals surface area contributed by atoms with Crippen molar-refractivity contribution in [2.75, 3.05) is 19.8 Å². The Bertz CT molecular complexity index is 1590. The van der Waals surface area contributed by atoms with Crippen LogP contribution in [0, 0.1) is 5.92 Å². The molecule has 0 radical (unpaired) electrons. The van der Waals surface area contributed by atoms with Gasteiger partial charge in [-0.25, -0.2) is 9.55 Å². The summed E-state index contributed by atoms with van der Waals surface area (Å²) in [7, 11) is -4.72. The van der Waals surface area contributed by atoms with Crippen LogP contribution in [0.25, 0.3) is 0 Å². The molecule has 3 heterocycles. The minimum Gasteiger partial charge on any atom is -0.394 e. The van der Waals surface area contributed by atoms with Crippen LogP contribution in [0.4, 0.5) is 0 Å². The molecule has 6 amide bonds. The monoisotopic (exact) mass is 784 g/mol. The minimum atomic E-state index is -4.72. The highest BCUT2D eigenvalue weighted by Crippen LogP contribution is 2.45. The van der Waals surface area contributed by atoms with Crippen molar-refractivity contribution < 1.29 is 52.4 Å². The number of phosphoric ester groups is 1. The van der Waals surface area contributed by atoms with E-state index in [1.54, 1.807) is 0 Å². The zero-order chi connectivity index (χ0) is 39.3. The molecule has 19 nitrogen and oxygen atoms in total. The third kappa shape index (κ3) is 13.6. The number of likely N-dealkylation sites (tertiary alicyclic amines) is 1. The first-order chi connectivity index (χ1) is 25.0. The Labute approximate surface area is 310 Å². The number of amides is 6. The molecule has 1 fully saturated rings. The van der Waals surface area contributed by atoms with Gasteiger partial charge in [0.1, 0.15) is 30.2 Å². The number of aliphatic hydroxyl groups is 1. The van der Waals surface area contributed by atoms with Gasteiger partial charge in [0.05, 0.1) is 25.6 Å². The second-order valence-electron chi connectivity index (χ2n) is 13.0. The lowest BCUT2D eigenvalue weighted by Gasteiger charge is -2.28. The van der Waals surface area contributed by atoms with Gasteiger partial charge in [-0.1, -0.05) is 19.9 Å². The van der Waals surface area contributed by atoms with Gasteiger partial charge in [-0.15, -0.1) is 11.3 Å². The zero-order valence-electron chi connectivity index (χ0n) is 30.0. The summed E-state index contributed by atoms with van der Waals surface area (Å²) < 4.78 is 22.6. The highest BCUT2D eigenvalue weighted by Gasteiger charge is 2.37. The maximum Gasteiger partial charge on any atom is 0.472 e. The van der Waals surface area contributed by atoms with E-state index in [9.17, 15) is 43.3 Å². The lowest BCUT2D eigenvalue weighted by atomic mass is 10.0. The Hall–Kier alpha value is -4.20. The van der Waals surface area contributed by atoms with Crippen LogP contribution in [0.15, 0.2) is 30.0 Å². The number of nitrogens with zero attached hydrogens (tertiary/aromatic N) is 2. The molecule has 2 aromatic heterocycles. The van der Waals surface area contributed by atoms with E-state index in [1.165, 1.54) is 42.6 Å². The average Bonchev–Trinajstić information content (AvgIpc) is 3.88. The molecule has 21 heteroatoms. The van der Waals surface area contributed by atoms with E-state index < -0.39 is 80.3 Å². The summed E-state index contributed by atoms with van der Waals surface area (Å²) in [6.07, 6.45) is 2.71. The van der Waals surface area contributed by atoms with Crippen molar-refractivity contribution in [2.24, 2.45) is 11.7 Å². The topological polar surface area (TPSA) is 284 Å². The molecule has 7 unspecified atom stereocenters. The molecule has 0 aliphatic carbocycles. The molecule has 0 bridgehead atoms. The van der Waals surface area contributed by atoms with Crippen LogP contribution in [0.3, 0.4) is 0 Å². The van der Waals surface area contributed by atoms with Crippen molar-refractivity contribution in [3.8, 4) is 0 Å². The van der Waals surface area contributed by atoms with Crippen LogP contribution in [-0.2, 0) is 55.2 Å². The zero-order valence-corrected chi connectivity index (χ0v) is 31.7. The number of imidazole rings is 1. The maximum atomic E-state index is 13.7. The van der Waals surface area contributed by atoms with Gasteiger partial charge in [0.25, 0.3) is 0 Å². The molecule has 294 valence electrons. The van der Waals surface area contributed by atoms with E-state index in [0.29, 0.717) is 31.5 Å². The van der Waals surface area contributed by atoms with Crippen LogP contribution >= 0.6 is 19.2 Å². The summed E-state index contributed by atoms with van der Waals surface area (Å²) in [5.41, 5.74) is 5.87. The van der Waals surface area contributed by atoms with Crippen molar-refractivity contribution in [1.82, 2.24) is 36.1 Å². The van der Waals surface area contributed by atoms with E-state index in [4.69, 9.17) is 14.8 Å². The van der Waals surface area contributed by atoms with E-state index in [-0.39, 0.29) is 31.3 Å². The molecule has 7 atom stereocenters. The van der Waals surface area contributed by atoms with Crippen LogP contribution < -0.4 is 27.0 Å². The molecule has 9 N–H and O–H groups in total. The van der Waals surface area contributed by atoms with E-state index >= 15 is 0 Å². The van der Waals surface area contributed by atoms with Crippen LogP contribution in [0.2, 0.25) is 0 Å². The Kier molecular flexibility index (Phi) is 16.6. The quantitative estimate of drug-likeness (QED) is 0.0727. The largest absolute Gasteiger partial charge is 0.472 e. The van der Waals surface area contributed by atoms with Gasteiger partial charge >= 0.3 is 7.82 Å². The predicted molar refractivity (Wildman–Crippen MR) is 191 cm³/mol. The van der Waals surface area contributed by atoms with Gasteiger partial charge in [-0.3, -0.25) is 37.8 Å². The summed E-state index contributed by atoms with van der Waals surface area (Å²) in [6, 6.07) is -2.96. The number of phosphoric acid groups is 1. The smallest absolute Gasteiger partial charge is 0.394 e. The summed E-state index contributed by atoms with van der Waals surface area (Å²) in [6.45, 7) is 5.52. The highest BCUT2D eigenvalue weighted by atomic mass is 32.1. The van der Waals surface area contributed by atoms with Crippen LogP contribution in [0.1, 0.15) is 57.5 Å². The summed E-state index contributed by atoms with van der Waals surface area (Å²) in [4.78, 5) is 97.3. The number of rotatable bonds is 21. The van der Waals surface area contributed by atoms with Gasteiger partial charge in [0.2, 0.25) is 35.4 Å². The second-order valence-corrected chi connectivity index (χ2v) is 15.4. The number of aliphatic hydroxyl groups excluding tert-OH is 1. The SMILES string of the molecule is CC(=O)N1CCCC1C(=O)NC(CC(C)C)C(=O)NC(Cc1cnc[nH]1)C(=O)NC(CO)C(=O)NC(C(N)=O)C(C)OP(=O)(O)OCCc1cccs1. The number of aromatic amines is 1. The highest BCUT2D eigenvalue weighted by molar-refractivity contribution is 7.47. The standard InChI is InChI=1S/C32H49N8O11PS/c1-18(2)13-23(37-32(47)26-8-5-10-40(26)20(4)42)29(44)36-24(14-21-15-34-17-35-21)30(45)38-25(16-41)31(46)39-27(28(33)43)19(3)51-52(48,49)50-11-9-22-7-6-12-53-22/h6-7,12,15,17-19,23-27,41H,5,8-11,13-14,16H2,1-4H3,(H2,33,43)(H,34,35)(H,36,44)(H,37,47)(H,38,45)(H,39,46)(H,48,49). The molecular formula is C32H49N8O11PS. The summed E-state index contributed by atoms with van der Waals surface area (Å²) >= 11 is 1.42. The predicted octanol–water partition coefficient (Wildman–Crippen LogP) is -0.748. The molecule has 0 saturated carbocycles. The number of primary amides is 1. The fourth-order valence-electron chi connectivity index (χ4n) is 5.64. The molecule has 3 rings (SSSR count). The van der Waals surface area contributed by atoms with Crippen molar-refractivity contribution >= 4 is 54.6 Å². The van der Waals surface area contributed by atoms with Gasteiger partial charge in [-0.05, 0) is 43.6 Å². The third-order valence-electron chi connectivity index (χ3n) is 8.28. The van der Waals surface area contributed by atoms with Gasteiger partial charge < -0.3 is 46.9 Å². The van der Waals surface area contributed by atoms with E-state index in [1.807, 2.05) is 31.4 Å². The first kappa shape index (κ1) is 43.2. The van der Waals surface area contributed by atoms with Gasteiger partial charge in [-0.2, -0.15) is 0 Å². The molecule has 1 aliphatic rings. The molecule has 53 heavy (non-hydrogen) atoms. The number of hydrogen-bond acceptors (Lipinski definition) is 12. The molecule has 2 aromatic rings. The van der Waals surface area contributed by atoms with Crippen molar-refractivity contribution in [3.63, 3.8) is 0 Å². The van der Waals surface area contributed by atoms with Crippen molar-refractivity contribution in [2.45, 2.75) is 96.1 Å². The second kappa shape index (κ2) is 20.3. The number of carbonyl (C=O) groups excluding carboxylic acids is 6. The lowest BCUT2D eigenvalue weighted by molar-refractivity contribution is -0.139. The Balaban J connectivity index is 1.69.